The highest BCUT2D eigenvalue weighted by Crippen LogP contribution is 2.56. The number of halogens is 2. The Labute approximate surface area is 99.9 Å². The number of hydrogen-bond donors (Lipinski definition) is 1. The van der Waals surface area contributed by atoms with Crippen LogP contribution >= 0.6 is 0 Å². The van der Waals surface area contributed by atoms with Crippen molar-refractivity contribution in [1.29, 1.82) is 0 Å². The molecule has 1 fully saturated rings. The van der Waals surface area contributed by atoms with Crippen LogP contribution in [-0.4, -0.2) is 30.7 Å². The largest absolute Gasteiger partial charge is 0.396 e. The van der Waals surface area contributed by atoms with Gasteiger partial charge in [0.25, 0.3) is 0 Å². The van der Waals surface area contributed by atoms with Gasteiger partial charge in [-0.15, -0.1) is 0 Å². The summed E-state index contributed by atoms with van der Waals surface area (Å²) in [7, 11) is 3.65. The van der Waals surface area contributed by atoms with E-state index in [0.717, 1.165) is 25.0 Å². The second-order valence-electron chi connectivity index (χ2n) is 5.05. The lowest BCUT2D eigenvalue weighted by atomic mass is 9.89. The summed E-state index contributed by atoms with van der Waals surface area (Å²) in [5, 5.41) is 9.45. The summed E-state index contributed by atoms with van der Waals surface area (Å²) in [5.74, 6) is -0.855. The minimum absolute atomic E-state index is 0.00575. The summed E-state index contributed by atoms with van der Waals surface area (Å²) in [6.45, 7) is 0.00575. The molecule has 4 heteroatoms. The van der Waals surface area contributed by atoms with Gasteiger partial charge in [0.15, 0.2) is 0 Å². The molecule has 1 N–H and O–H groups in total. The second-order valence-corrected chi connectivity index (χ2v) is 5.05. The van der Waals surface area contributed by atoms with E-state index in [1.165, 1.54) is 6.07 Å². The molecule has 1 aromatic carbocycles. The molecule has 0 spiro atoms. The third-order valence-electron chi connectivity index (χ3n) is 3.56. The first kappa shape index (κ1) is 12.5. The van der Waals surface area contributed by atoms with Crippen LogP contribution in [0.25, 0.3) is 0 Å². The standard InChI is InChI=1S/C13H17F2NO/c1-16(2)12(13(8-17)5-6-13)10-7-9(14)3-4-11(10)15/h3-4,7,12,17H,5-6,8H2,1-2H3. The lowest BCUT2D eigenvalue weighted by Gasteiger charge is -2.32. The van der Waals surface area contributed by atoms with Crippen LogP contribution in [0.3, 0.4) is 0 Å². The van der Waals surface area contributed by atoms with E-state index in [0.29, 0.717) is 5.56 Å². The minimum Gasteiger partial charge on any atom is -0.396 e. The summed E-state index contributed by atoms with van der Waals surface area (Å²) in [5.41, 5.74) is 0.0274. The predicted molar refractivity (Wildman–Crippen MR) is 61.5 cm³/mol. The third-order valence-corrected chi connectivity index (χ3v) is 3.56. The van der Waals surface area contributed by atoms with Gasteiger partial charge in [0.05, 0.1) is 6.61 Å². The zero-order chi connectivity index (χ0) is 12.6. The molecular formula is C13H17F2NO. The van der Waals surface area contributed by atoms with E-state index < -0.39 is 11.6 Å². The molecule has 1 aromatic rings. The van der Waals surface area contributed by atoms with Crippen molar-refractivity contribution in [1.82, 2.24) is 4.90 Å². The molecule has 0 amide bonds. The smallest absolute Gasteiger partial charge is 0.128 e. The Morgan fingerprint density at radius 2 is 2.00 bits per heavy atom. The highest BCUT2D eigenvalue weighted by molar-refractivity contribution is 5.26. The van der Waals surface area contributed by atoms with Gasteiger partial charge in [-0.1, -0.05) is 0 Å². The molecule has 0 saturated heterocycles. The van der Waals surface area contributed by atoms with Crippen LogP contribution in [0, 0.1) is 17.0 Å². The van der Waals surface area contributed by atoms with E-state index in [4.69, 9.17) is 0 Å². The SMILES string of the molecule is CN(C)C(c1cc(F)ccc1F)C1(CO)CC1. The van der Waals surface area contributed by atoms with Crippen LogP contribution in [0.4, 0.5) is 8.78 Å². The summed E-state index contributed by atoms with van der Waals surface area (Å²) in [6, 6.07) is 3.22. The Morgan fingerprint density at radius 3 is 2.47 bits per heavy atom. The molecule has 1 unspecified atom stereocenters. The molecule has 17 heavy (non-hydrogen) atoms. The number of rotatable bonds is 4. The topological polar surface area (TPSA) is 23.5 Å². The number of aliphatic hydroxyl groups is 1. The molecule has 94 valence electrons. The van der Waals surface area contributed by atoms with Crippen LogP contribution in [0.5, 0.6) is 0 Å². The predicted octanol–water partition coefficient (Wildman–Crippen LogP) is 2.34. The van der Waals surface area contributed by atoms with Crippen LogP contribution in [0.1, 0.15) is 24.4 Å². The molecule has 0 aromatic heterocycles. The first-order valence-electron chi connectivity index (χ1n) is 5.72. The molecule has 2 rings (SSSR count). The molecule has 0 aliphatic heterocycles. The van der Waals surface area contributed by atoms with Gasteiger partial charge < -0.3 is 10.0 Å². The number of hydrogen-bond acceptors (Lipinski definition) is 2. The van der Waals surface area contributed by atoms with Crippen molar-refractivity contribution in [3.05, 3.63) is 35.4 Å². The Balaban J connectivity index is 2.43. The summed E-state index contributed by atoms with van der Waals surface area (Å²) in [6.07, 6.45) is 1.70. The Kier molecular flexibility index (Phi) is 3.19. The molecule has 1 atom stereocenters. The molecular weight excluding hydrogens is 224 g/mol. The monoisotopic (exact) mass is 241 g/mol. The lowest BCUT2D eigenvalue weighted by molar-refractivity contribution is 0.113. The van der Waals surface area contributed by atoms with Gasteiger partial charge in [-0.05, 0) is 45.1 Å². The lowest BCUT2D eigenvalue weighted by Crippen LogP contribution is -2.31. The molecule has 0 heterocycles. The van der Waals surface area contributed by atoms with Crippen molar-refractivity contribution in [3.8, 4) is 0 Å². The summed E-state index contributed by atoms with van der Waals surface area (Å²) < 4.78 is 27.0. The molecule has 2 nitrogen and oxygen atoms in total. The van der Waals surface area contributed by atoms with Crippen molar-refractivity contribution in [2.24, 2.45) is 5.41 Å². The van der Waals surface area contributed by atoms with E-state index in [9.17, 15) is 13.9 Å². The Bertz CT molecular complexity index is 416. The van der Waals surface area contributed by atoms with Crippen LogP contribution in [-0.2, 0) is 0 Å². The minimum atomic E-state index is -0.443. The second kappa shape index (κ2) is 4.35. The third kappa shape index (κ3) is 2.19. The summed E-state index contributed by atoms with van der Waals surface area (Å²) in [4.78, 5) is 1.85. The average molecular weight is 241 g/mol. The van der Waals surface area contributed by atoms with Crippen molar-refractivity contribution in [2.75, 3.05) is 20.7 Å². The fraction of sp³-hybridized carbons (Fsp3) is 0.538. The number of nitrogens with zero attached hydrogens (tertiary/aromatic N) is 1. The first-order valence-corrected chi connectivity index (χ1v) is 5.72. The number of aliphatic hydroxyl groups excluding tert-OH is 1. The Hall–Kier alpha value is -1.00. The van der Waals surface area contributed by atoms with Gasteiger partial charge in [-0.2, -0.15) is 0 Å². The maximum absolute atomic E-state index is 13.8. The molecule has 0 radical (unpaired) electrons. The maximum Gasteiger partial charge on any atom is 0.128 e. The Morgan fingerprint density at radius 1 is 1.35 bits per heavy atom. The molecule has 0 bridgehead atoms. The van der Waals surface area contributed by atoms with E-state index in [1.54, 1.807) is 0 Å². The quantitative estimate of drug-likeness (QED) is 0.874. The van der Waals surface area contributed by atoms with E-state index in [-0.39, 0.29) is 18.1 Å². The molecule has 1 saturated carbocycles. The van der Waals surface area contributed by atoms with E-state index in [2.05, 4.69) is 0 Å². The van der Waals surface area contributed by atoms with E-state index in [1.807, 2.05) is 19.0 Å². The molecule has 1 aliphatic rings. The van der Waals surface area contributed by atoms with Crippen molar-refractivity contribution in [3.63, 3.8) is 0 Å². The normalized spacial score (nSPS) is 19.4. The highest BCUT2D eigenvalue weighted by atomic mass is 19.1. The number of benzene rings is 1. The fourth-order valence-electron chi connectivity index (χ4n) is 2.56. The van der Waals surface area contributed by atoms with Gasteiger partial charge >= 0.3 is 0 Å². The van der Waals surface area contributed by atoms with Gasteiger partial charge in [0.1, 0.15) is 11.6 Å². The van der Waals surface area contributed by atoms with Gasteiger partial charge in [-0.25, -0.2) is 8.78 Å². The van der Waals surface area contributed by atoms with Crippen LogP contribution in [0.2, 0.25) is 0 Å². The van der Waals surface area contributed by atoms with Crippen molar-refractivity contribution < 1.29 is 13.9 Å². The maximum atomic E-state index is 13.8. The van der Waals surface area contributed by atoms with E-state index >= 15 is 0 Å². The fourth-order valence-corrected chi connectivity index (χ4v) is 2.56. The zero-order valence-electron chi connectivity index (χ0n) is 10.1. The van der Waals surface area contributed by atoms with Crippen LogP contribution < -0.4 is 0 Å². The van der Waals surface area contributed by atoms with Crippen molar-refractivity contribution >= 4 is 0 Å². The first-order chi connectivity index (χ1) is 8.00. The average Bonchev–Trinajstić information content (AvgIpc) is 3.04. The van der Waals surface area contributed by atoms with Gasteiger partial charge in [-0.3, -0.25) is 0 Å². The zero-order valence-corrected chi connectivity index (χ0v) is 10.1. The molecule has 1 aliphatic carbocycles. The van der Waals surface area contributed by atoms with Crippen LogP contribution in [0.15, 0.2) is 18.2 Å². The highest BCUT2D eigenvalue weighted by Gasteiger charge is 2.51. The van der Waals surface area contributed by atoms with Gasteiger partial charge in [0, 0.05) is 17.0 Å². The van der Waals surface area contributed by atoms with Crippen molar-refractivity contribution in [2.45, 2.75) is 18.9 Å². The van der Waals surface area contributed by atoms with Gasteiger partial charge in [0.2, 0.25) is 0 Å². The summed E-state index contributed by atoms with van der Waals surface area (Å²) >= 11 is 0.